The summed E-state index contributed by atoms with van der Waals surface area (Å²) >= 11 is 0. The van der Waals surface area contributed by atoms with Crippen molar-refractivity contribution < 1.29 is 14.4 Å². The molecule has 14 N–H and O–H groups in total. The Hall–Kier alpha value is -4.91. The minimum absolute atomic E-state index is 0.0433. The summed E-state index contributed by atoms with van der Waals surface area (Å²) < 4.78 is 0. The van der Waals surface area contributed by atoms with Gasteiger partial charge in [0.2, 0.25) is 17.7 Å². The van der Waals surface area contributed by atoms with Crippen molar-refractivity contribution in [1.29, 1.82) is 0 Å². The maximum Gasteiger partial charge on any atom is 0.243 e. The highest BCUT2D eigenvalue weighted by atomic mass is 16.2. The number of guanidine groups is 2. The second-order valence-electron chi connectivity index (χ2n) is 10.4. The summed E-state index contributed by atoms with van der Waals surface area (Å²) in [7, 11) is 0. The Morgan fingerprint density at radius 1 is 0.674 bits per heavy atom. The van der Waals surface area contributed by atoms with Crippen LogP contribution in [-0.4, -0.2) is 60.9 Å². The molecule has 3 amide bonds. The van der Waals surface area contributed by atoms with E-state index in [2.05, 4.69) is 38.8 Å². The number of nitrogens with zero attached hydrogens (tertiary/aromatic N) is 2. The van der Waals surface area contributed by atoms with E-state index in [0.717, 1.165) is 27.1 Å². The van der Waals surface area contributed by atoms with Gasteiger partial charge in [0, 0.05) is 13.1 Å². The SMILES string of the molecule is NC(=O)[C@@H](CCCN=C(N)N)NC(=O)[C@H](CCc1cc2ccccc2c2ccccc12)NC(=O)[C@H](N)CCCN=C(N)N. The highest BCUT2D eigenvalue weighted by Gasteiger charge is 2.27. The number of amides is 3. The Bertz CT molecular complexity index is 1480. The molecule has 0 unspecified atom stereocenters. The number of hydrogen-bond donors (Lipinski definition) is 8. The van der Waals surface area contributed by atoms with Gasteiger partial charge in [0.05, 0.1) is 6.04 Å². The van der Waals surface area contributed by atoms with E-state index in [0.29, 0.717) is 32.2 Å². The molecule has 0 aromatic heterocycles. The molecule has 0 saturated carbocycles. The lowest BCUT2D eigenvalue weighted by Gasteiger charge is -2.23. The van der Waals surface area contributed by atoms with E-state index in [-0.39, 0.29) is 31.3 Å². The number of rotatable bonds is 16. The summed E-state index contributed by atoms with van der Waals surface area (Å²) in [5.74, 6) is -1.87. The number of aryl methyl sites for hydroxylation is 1. The molecular weight excluding hydrogens is 548 g/mol. The zero-order chi connectivity index (χ0) is 31.4. The number of nitrogens with two attached hydrogens (primary N) is 6. The fourth-order valence-electron chi connectivity index (χ4n) is 4.90. The molecule has 0 aliphatic rings. The molecule has 230 valence electrons. The van der Waals surface area contributed by atoms with Crippen molar-refractivity contribution in [3.63, 3.8) is 0 Å². The first kappa shape index (κ1) is 32.6. The maximum atomic E-state index is 13.5. The van der Waals surface area contributed by atoms with Crippen molar-refractivity contribution in [1.82, 2.24) is 10.6 Å². The van der Waals surface area contributed by atoms with Crippen LogP contribution in [-0.2, 0) is 20.8 Å². The topological polar surface area (TPSA) is 256 Å². The number of carbonyl (C=O) groups excluding carboxylic acids is 3. The minimum atomic E-state index is -0.985. The quantitative estimate of drug-likeness (QED) is 0.0479. The molecule has 43 heavy (non-hydrogen) atoms. The van der Waals surface area contributed by atoms with E-state index in [9.17, 15) is 14.4 Å². The number of benzene rings is 3. The Labute approximate surface area is 250 Å². The molecule has 3 atom stereocenters. The zero-order valence-electron chi connectivity index (χ0n) is 24.2. The van der Waals surface area contributed by atoms with Crippen LogP contribution in [0.15, 0.2) is 64.6 Å². The van der Waals surface area contributed by atoms with E-state index < -0.39 is 35.8 Å². The second kappa shape index (κ2) is 15.9. The molecule has 0 saturated heterocycles. The molecule has 0 bridgehead atoms. The molecule has 0 spiro atoms. The predicted molar refractivity (Wildman–Crippen MR) is 171 cm³/mol. The highest BCUT2D eigenvalue weighted by molar-refractivity contribution is 6.09. The van der Waals surface area contributed by atoms with Gasteiger partial charge >= 0.3 is 0 Å². The summed E-state index contributed by atoms with van der Waals surface area (Å²) in [4.78, 5) is 46.5. The Morgan fingerprint density at radius 3 is 1.86 bits per heavy atom. The fourth-order valence-corrected chi connectivity index (χ4v) is 4.90. The van der Waals surface area contributed by atoms with Gasteiger partial charge in [0.1, 0.15) is 12.1 Å². The van der Waals surface area contributed by atoms with Crippen LogP contribution in [0.5, 0.6) is 0 Å². The third-order valence-electron chi connectivity index (χ3n) is 7.10. The lowest BCUT2D eigenvalue weighted by molar-refractivity contribution is -0.132. The number of carbonyl (C=O) groups is 3. The predicted octanol–water partition coefficient (Wildman–Crippen LogP) is -0.185. The summed E-state index contributed by atoms with van der Waals surface area (Å²) in [5, 5.41) is 9.81. The summed E-state index contributed by atoms with van der Waals surface area (Å²) in [5.41, 5.74) is 34.1. The van der Waals surface area contributed by atoms with E-state index in [1.807, 2.05) is 36.4 Å². The van der Waals surface area contributed by atoms with E-state index >= 15 is 0 Å². The lowest BCUT2D eigenvalue weighted by Crippen LogP contribution is -2.55. The average molecular weight is 591 g/mol. The Balaban J connectivity index is 1.80. The summed E-state index contributed by atoms with van der Waals surface area (Å²) in [6, 6.07) is 15.4. The van der Waals surface area contributed by atoms with E-state index in [1.54, 1.807) is 0 Å². The third-order valence-corrected chi connectivity index (χ3v) is 7.10. The first-order valence-corrected chi connectivity index (χ1v) is 14.2. The molecular formula is C30H42N10O3. The van der Waals surface area contributed by atoms with Crippen LogP contribution in [0, 0.1) is 0 Å². The molecule has 13 nitrogen and oxygen atoms in total. The smallest absolute Gasteiger partial charge is 0.243 e. The van der Waals surface area contributed by atoms with Crippen molar-refractivity contribution in [2.75, 3.05) is 13.1 Å². The van der Waals surface area contributed by atoms with E-state index in [4.69, 9.17) is 34.4 Å². The van der Waals surface area contributed by atoms with Crippen LogP contribution in [0.1, 0.15) is 37.7 Å². The van der Waals surface area contributed by atoms with Crippen LogP contribution >= 0.6 is 0 Å². The number of primary amides is 1. The van der Waals surface area contributed by atoms with Gasteiger partial charge in [-0.25, -0.2) is 0 Å². The number of aliphatic imine (C=N–C) groups is 2. The zero-order valence-corrected chi connectivity index (χ0v) is 24.2. The van der Waals surface area contributed by atoms with Gasteiger partial charge in [-0.05, 0) is 65.6 Å². The lowest BCUT2D eigenvalue weighted by atomic mass is 9.93. The van der Waals surface area contributed by atoms with Crippen LogP contribution in [0.2, 0.25) is 0 Å². The van der Waals surface area contributed by atoms with Crippen molar-refractivity contribution in [2.45, 2.75) is 56.7 Å². The van der Waals surface area contributed by atoms with Crippen LogP contribution < -0.4 is 45.0 Å². The normalized spacial score (nSPS) is 13.0. The van der Waals surface area contributed by atoms with Gasteiger partial charge in [0.15, 0.2) is 11.9 Å². The largest absolute Gasteiger partial charge is 0.370 e. The van der Waals surface area contributed by atoms with Gasteiger partial charge in [-0.1, -0.05) is 54.6 Å². The summed E-state index contributed by atoms with van der Waals surface area (Å²) in [6.45, 7) is 0.592. The third kappa shape index (κ3) is 9.85. The van der Waals surface area contributed by atoms with Crippen LogP contribution in [0.3, 0.4) is 0 Å². The second-order valence-corrected chi connectivity index (χ2v) is 10.4. The first-order chi connectivity index (χ1) is 20.6. The van der Waals surface area contributed by atoms with Gasteiger partial charge in [0.25, 0.3) is 0 Å². The standard InChI is InChI=1S/C30H42N10O3/c31-23(11-5-15-37-29(33)34)27(42)40-25(28(43)39-24(26(32)41)12-6-16-38-30(35)36)14-13-19-17-18-7-1-2-8-20(18)22-10-4-3-9-21(19)22/h1-4,7-10,17,23-25H,5-6,11-16,31H2,(H2,32,41)(H,39,43)(H,40,42)(H4,33,34,37)(H4,35,36,38)/t23-,24-,25+/m1/s1. The molecule has 0 fully saturated rings. The molecule has 3 aromatic carbocycles. The monoisotopic (exact) mass is 590 g/mol. The average Bonchev–Trinajstić information content (AvgIpc) is 2.98. The Morgan fingerprint density at radius 2 is 1.23 bits per heavy atom. The van der Waals surface area contributed by atoms with Gasteiger partial charge in [-0.3, -0.25) is 24.4 Å². The Kier molecular flexibility index (Phi) is 12.1. The first-order valence-electron chi connectivity index (χ1n) is 14.2. The molecule has 0 aliphatic carbocycles. The molecule has 0 radical (unpaired) electrons. The van der Waals surface area contributed by atoms with Crippen LogP contribution in [0.25, 0.3) is 21.5 Å². The van der Waals surface area contributed by atoms with E-state index in [1.165, 1.54) is 0 Å². The maximum absolute atomic E-state index is 13.5. The van der Waals surface area contributed by atoms with Crippen molar-refractivity contribution in [2.24, 2.45) is 44.4 Å². The van der Waals surface area contributed by atoms with Crippen molar-refractivity contribution in [3.05, 3.63) is 60.2 Å². The van der Waals surface area contributed by atoms with Gasteiger partial charge < -0.3 is 45.0 Å². The molecule has 0 heterocycles. The molecule has 3 rings (SSSR count). The molecule has 3 aromatic rings. The number of nitrogens with one attached hydrogen (secondary N) is 2. The molecule has 0 aliphatic heterocycles. The van der Waals surface area contributed by atoms with Crippen molar-refractivity contribution >= 4 is 51.2 Å². The van der Waals surface area contributed by atoms with Gasteiger partial charge in [-0.2, -0.15) is 0 Å². The summed E-state index contributed by atoms with van der Waals surface area (Å²) in [6.07, 6.45) is 2.13. The van der Waals surface area contributed by atoms with Crippen LogP contribution in [0.4, 0.5) is 0 Å². The van der Waals surface area contributed by atoms with Crippen molar-refractivity contribution in [3.8, 4) is 0 Å². The number of fused-ring (bicyclic) bond motifs is 3. The molecule has 13 heteroatoms. The minimum Gasteiger partial charge on any atom is -0.370 e. The highest BCUT2D eigenvalue weighted by Crippen LogP contribution is 2.29. The van der Waals surface area contributed by atoms with Gasteiger partial charge in [-0.15, -0.1) is 0 Å². The fraction of sp³-hybridized carbons (Fsp3) is 0.367. The number of hydrogen-bond acceptors (Lipinski definition) is 6.